The number of nitrogens with zero attached hydrogens (tertiary/aromatic N) is 1. The molecule has 1 heterocycles. The molecular weight excluding hydrogens is 256 g/mol. The van der Waals surface area contributed by atoms with Crippen LogP contribution in [0.1, 0.15) is 28.9 Å². The van der Waals surface area contributed by atoms with E-state index in [0.29, 0.717) is 17.9 Å². The lowest BCUT2D eigenvalue weighted by atomic mass is 10.1. The number of carbonyl (C=O) groups excluding carboxylic acids is 1. The molecule has 1 aromatic rings. The van der Waals surface area contributed by atoms with E-state index in [1.165, 1.54) is 6.20 Å². The monoisotopic (exact) mass is 268 g/mol. The van der Waals surface area contributed by atoms with Gasteiger partial charge >= 0.3 is 5.97 Å². The van der Waals surface area contributed by atoms with E-state index in [-0.39, 0.29) is 18.0 Å². The number of halogens is 1. The number of rotatable bonds is 4. The molecule has 96 valence electrons. The molecule has 6 heteroatoms. The van der Waals surface area contributed by atoms with Gasteiger partial charge in [-0.05, 0) is 25.8 Å². The first-order valence-electron chi connectivity index (χ1n) is 5.58. The normalized spacial score (nSPS) is 16.1. The Bertz CT molecular complexity index is 512. The van der Waals surface area contributed by atoms with Crippen LogP contribution in [0.4, 0.5) is 0 Å². The molecule has 5 nitrogen and oxygen atoms in total. The maximum Gasteiger partial charge on any atom is 0.311 e. The molecule has 0 aliphatic heterocycles. The molecule has 1 saturated carbocycles. The van der Waals surface area contributed by atoms with Gasteiger partial charge in [-0.15, -0.1) is 0 Å². The Balaban J connectivity index is 2.02. The highest BCUT2D eigenvalue weighted by atomic mass is 35.5. The highest BCUT2D eigenvalue weighted by Crippen LogP contribution is 2.45. The second kappa shape index (κ2) is 4.57. The number of hydrogen-bond acceptors (Lipinski definition) is 3. The predicted octanol–water partition coefficient (Wildman–Crippen LogP) is 1.64. The number of aryl methyl sites for hydroxylation is 1. The summed E-state index contributed by atoms with van der Waals surface area (Å²) < 4.78 is 0. The molecule has 1 fully saturated rings. The average molecular weight is 269 g/mol. The summed E-state index contributed by atoms with van der Waals surface area (Å²) in [6.45, 7) is 1.91. The summed E-state index contributed by atoms with van der Waals surface area (Å²) in [4.78, 5) is 26.8. The molecule has 0 unspecified atom stereocenters. The second-order valence-electron chi connectivity index (χ2n) is 4.57. The molecule has 0 saturated heterocycles. The Labute approximate surface area is 109 Å². The number of hydrogen-bond donors (Lipinski definition) is 2. The molecule has 1 aliphatic rings. The lowest BCUT2D eigenvalue weighted by molar-refractivity contribution is -0.143. The van der Waals surface area contributed by atoms with Gasteiger partial charge in [-0.25, -0.2) is 0 Å². The molecule has 1 aliphatic carbocycles. The summed E-state index contributed by atoms with van der Waals surface area (Å²) in [6, 6.07) is 1.60. The summed E-state index contributed by atoms with van der Waals surface area (Å²) in [5.41, 5.74) is 0.212. The molecular formula is C12H13ClN2O3. The van der Waals surface area contributed by atoms with E-state index in [2.05, 4.69) is 10.3 Å². The SMILES string of the molecule is Cc1cc(Cl)c(C(=O)NCC2(C(=O)O)CC2)cn1. The molecule has 0 radical (unpaired) electrons. The minimum absolute atomic E-state index is 0.130. The third-order valence-corrected chi connectivity index (χ3v) is 3.44. The van der Waals surface area contributed by atoms with Gasteiger partial charge in [0.2, 0.25) is 0 Å². The summed E-state index contributed by atoms with van der Waals surface area (Å²) in [6.07, 6.45) is 2.60. The quantitative estimate of drug-likeness (QED) is 0.870. The van der Waals surface area contributed by atoms with Gasteiger partial charge < -0.3 is 10.4 Å². The molecule has 0 bridgehead atoms. The molecule has 0 aromatic carbocycles. The van der Waals surface area contributed by atoms with Crippen LogP contribution in [0.15, 0.2) is 12.3 Å². The van der Waals surface area contributed by atoms with Crippen LogP contribution in [0.5, 0.6) is 0 Å². The smallest absolute Gasteiger partial charge is 0.311 e. The third kappa shape index (κ3) is 2.46. The van der Waals surface area contributed by atoms with Crippen LogP contribution in [0.25, 0.3) is 0 Å². The van der Waals surface area contributed by atoms with Crippen molar-refractivity contribution >= 4 is 23.5 Å². The van der Waals surface area contributed by atoms with Crippen molar-refractivity contribution in [2.24, 2.45) is 5.41 Å². The number of carbonyl (C=O) groups is 2. The van der Waals surface area contributed by atoms with Crippen LogP contribution in [-0.4, -0.2) is 28.5 Å². The van der Waals surface area contributed by atoms with E-state index in [4.69, 9.17) is 16.7 Å². The summed E-state index contributed by atoms with van der Waals surface area (Å²) in [5.74, 6) is -1.25. The summed E-state index contributed by atoms with van der Waals surface area (Å²) >= 11 is 5.94. The maximum absolute atomic E-state index is 11.8. The van der Waals surface area contributed by atoms with Crippen molar-refractivity contribution in [1.82, 2.24) is 10.3 Å². The van der Waals surface area contributed by atoms with Gasteiger partial charge in [-0.3, -0.25) is 14.6 Å². The van der Waals surface area contributed by atoms with E-state index in [9.17, 15) is 9.59 Å². The number of aromatic nitrogens is 1. The van der Waals surface area contributed by atoms with Crippen LogP contribution in [0.3, 0.4) is 0 Å². The number of carboxylic acids is 1. The molecule has 1 amide bonds. The second-order valence-corrected chi connectivity index (χ2v) is 4.98. The van der Waals surface area contributed by atoms with Crippen molar-refractivity contribution in [3.63, 3.8) is 0 Å². The molecule has 1 aromatic heterocycles. The van der Waals surface area contributed by atoms with Crippen LogP contribution in [0.2, 0.25) is 5.02 Å². The maximum atomic E-state index is 11.8. The van der Waals surface area contributed by atoms with E-state index < -0.39 is 11.4 Å². The van der Waals surface area contributed by atoms with Crippen molar-refractivity contribution < 1.29 is 14.7 Å². The van der Waals surface area contributed by atoms with Gasteiger partial charge in [-0.1, -0.05) is 11.6 Å². The lowest BCUT2D eigenvalue weighted by Gasteiger charge is -2.11. The van der Waals surface area contributed by atoms with Gasteiger partial charge in [0, 0.05) is 18.4 Å². The Kier molecular flexibility index (Phi) is 3.26. The Morgan fingerprint density at radius 2 is 2.22 bits per heavy atom. The zero-order chi connectivity index (χ0) is 13.3. The molecule has 18 heavy (non-hydrogen) atoms. The van der Waals surface area contributed by atoms with Crippen molar-refractivity contribution in [3.05, 3.63) is 28.5 Å². The van der Waals surface area contributed by atoms with E-state index in [1.54, 1.807) is 13.0 Å². The van der Waals surface area contributed by atoms with Crippen LogP contribution >= 0.6 is 11.6 Å². The predicted molar refractivity (Wildman–Crippen MR) is 65.6 cm³/mol. The van der Waals surface area contributed by atoms with E-state index in [1.807, 2.05) is 0 Å². The first-order valence-corrected chi connectivity index (χ1v) is 5.96. The minimum Gasteiger partial charge on any atom is -0.481 e. The zero-order valence-corrected chi connectivity index (χ0v) is 10.6. The van der Waals surface area contributed by atoms with Crippen LogP contribution in [-0.2, 0) is 4.79 Å². The van der Waals surface area contributed by atoms with Gasteiger partial charge in [0.15, 0.2) is 0 Å². The van der Waals surface area contributed by atoms with Gasteiger partial charge in [0.25, 0.3) is 5.91 Å². The fraction of sp³-hybridized carbons (Fsp3) is 0.417. The first-order chi connectivity index (χ1) is 8.44. The highest BCUT2D eigenvalue weighted by Gasteiger charge is 2.50. The van der Waals surface area contributed by atoms with Crippen molar-refractivity contribution in [2.75, 3.05) is 6.54 Å². The lowest BCUT2D eigenvalue weighted by Crippen LogP contribution is -2.34. The molecule has 0 spiro atoms. The number of pyridine rings is 1. The fourth-order valence-corrected chi connectivity index (χ4v) is 1.95. The van der Waals surface area contributed by atoms with Crippen LogP contribution < -0.4 is 5.32 Å². The number of aliphatic carboxylic acids is 1. The van der Waals surface area contributed by atoms with E-state index in [0.717, 1.165) is 5.69 Å². The van der Waals surface area contributed by atoms with Crippen molar-refractivity contribution in [3.8, 4) is 0 Å². The standard InChI is InChI=1S/C12H13ClN2O3/c1-7-4-9(13)8(5-14-7)10(16)15-6-12(2-3-12)11(17)18/h4-5H,2-3,6H2,1H3,(H,15,16)(H,17,18). The van der Waals surface area contributed by atoms with Crippen LogP contribution in [0, 0.1) is 12.3 Å². The van der Waals surface area contributed by atoms with E-state index >= 15 is 0 Å². The topological polar surface area (TPSA) is 79.3 Å². The van der Waals surface area contributed by atoms with Crippen molar-refractivity contribution in [2.45, 2.75) is 19.8 Å². The highest BCUT2D eigenvalue weighted by molar-refractivity contribution is 6.33. The zero-order valence-electron chi connectivity index (χ0n) is 9.86. The number of carboxylic acid groups (broad SMARTS) is 1. The van der Waals surface area contributed by atoms with Gasteiger partial charge in [0.05, 0.1) is 16.0 Å². The Morgan fingerprint density at radius 1 is 1.56 bits per heavy atom. The molecule has 2 rings (SSSR count). The Morgan fingerprint density at radius 3 is 2.72 bits per heavy atom. The Hall–Kier alpha value is -1.62. The molecule has 0 atom stereocenters. The average Bonchev–Trinajstić information content (AvgIpc) is 3.07. The van der Waals surface area contributed by atoms with Crippen molar-refractivity contribution in [1.29, 1.82) is 0 Å². The summed E-state index contributed by atoms with van der Waals surface area (Å²) in [7, 11) is 0. The third-order valence-electron chi connectivity index (χ3n) is 3.13. The minimum atomic E-state index is -0.865. The number of nitrogens with one attached hydrogen (secondary N) is 1. The largest absolute Gasteiger partial charge is 0.481 e. The first kappa shape index (κ1) is 12.8. The van der Waals surface area contributed by atoms with Gasteiger partial charge in [-0.2, -0.15) is 0 Å². The van der Waals surface area contributed by atoms with Gasteiger partial charge in [0.1, 0.15) is 0 Å². The fourth-order valence-electron chi connectivity index (χ4n) is 1.66. The number of amides is 1. The summed E-state index contributed by atoms with van der Waals surface area (Å²) in [5, 5.41) is 11.9. The molecule has 2 N–H and O–H groups in total.